The van der Waals surface area contributed by atoms with Crippen molar-refractivity contribution in [3.8, 4) is 0 Å². The smallest absolute Gasteiger partial charge is 0.194 e. The van der Waals surface area contributed by atoms with Crippen LogP contribution in [0.5, 0.6) is 0 Å². The van der Waals surface area contributed by atoms with Gasteiger partial charge in [0.05, 0.1) is 5.69 Å². The zero-order valence-electron chi connectivity index (χ0n) is 9.87. The predicted molar refractivity (Wildman–Crippen MR) is 61.3 cm³/mol. The molecule has 3 nitrogen and oxygen atoms in total. The van der Waals surface area contributed by atoms with Gasteiger partial charge in [-0.25, -0.2) is 4.98 Å². The summed E-state index contributed by atoms with van der Waals surface area (Å²) in [6, 6.07) is 0. The van der Waals surface area contributed by atoms with E-state index < -0.39 is 0 Å². The monoisotopic (exact) mass is 221 g/mol. The Morgan fingerprint density at radius 3 is 2.88 bits per heavy atom. The van der Waals surface area contributed by atoms with Crippen LogP contribution in [0.15, 0.2) is 10.7 Å². The van der Waals surface area contributed by atoms with Crippen LogP contribution in [-0.4, -0.2) is 10.8 Å². The molecule has 0 bridgehead atoms. The lowest BCUT2D eigenvalue weighted by molar-refractivity contribution is -0.117. The van der Waals surface area contributed by atoms with E-state index in [1.54, 1.807) is 13.2 Å². The zero-order valence-corrected chi connectivity index (χ0v) is 9.87. The summed E-state index contributed by atoms with van der Waals surface area (Å²) in [7, 11) is 0. The normalized spacial score (nSPS) is 17.6. The number of ketones is 1. The van der Waals surface area contributed by atoms with E-state index in [4.69, 9.17) is 4.42 Å². The van der Waals surface area contributed by atoms with Crippen molar-refractivity contribution in [2.45, 2.75) is 57.8 Å². The van der Waals surface area contributed by atoms with Crippen molar-refractivity contribution < 1.29 is 9.21 Å². The van der Waals surface area contributed by atoms with Crippen LogP contribution in [0.2, 0.25) is 0 Å². The minimum absolute atomic E-state index is 0.192. The maximum absolute atomic E-state index is 10.9. The predicted octanol–water partition coefficient (Wildman–Crippen LogP) is 3.24. The molecule has 1 heterocycles. The van der Waals surface area contributed by atoms with E-state index in [1.165, 1.54) is 32.1 Å². The minimum Gasteiger partial charge on any atom is -0.449 e. The van der Waals surface area contributed by atoms with Gasteiger partial charge in [-0.3, -0.25) is 0 Å². The highest BCUT2D eigenvalue weighted by Gasteiger charge is 2.18. The second kappa shape index (κ2) is 5.28. The van der Waals surface area contributed by atoms with E-state index >= 15 is 0 Å². The lowest BCUT2D eigenvalue weighted by Gasteiger charge is -2.18. The minimum atomic E-state index is 0.192. The topological polar surface area (TPSA) is 43.1 Å². The third-order valence-corrected chi connectivity index (χ3v) is 3.28. The largest absolute Gasteiger partial charge is 0.449 e. The lowest BCUT2D eigenvalue weighted by Crippen LogP contribution is -2.05. The molecular weight excluding hydrogens is 202 g/mol. The van der Waals surface area contributed by atoms with Gasteiger partial charge in [-0.15, -0.1) is 0 Å². The van der Waals surface area contributed by atoms with E-state index in [2.05, 4.69) is 4.98 Å². The molecule has 1 aliphatic rings. The summed E-state index contributed by atoms with van der Waals surface area (Å²) in [6.07, 6.45) is 9.39. The van der Waals surface area contributed by atoms with Crippen molar-refractivity contribution in [2.75, 3.05) is 0 Å². The molecule has 0 saturated heterocycles. The Morgan fingerprint density at radius 2 is 2.19 bits per heavy atom. The van der Waals surface area contributed by atoms with E-state index in [0.29, 0.717) is 18.8 Å². The average Bonchev–Trinajstić information content (AvgIpc) is 2.76. The van der Waals surface area contributed by atoms with Crippen molar-refractivity contribution in [3.05, 3.63) is 17.8 Å². The fourth-order valence-electron chi connectivity index (χ4n) is 2.31. The second-order valence-electron chi connectivity index (χ2n) is 4.70. The maximum Gasteiger partial charge on any atom is 0.194 e. The summed E-state index contributed by atoms with van der Waals surface area (Å²) >= 11 is 0. The second-order valence-corrected chi connectivity index (χ2v) is 4.70. The Bertz CT molecular complexity index is 351. The van der Waals surface area contributed by atoms with Crippen LogP contribution in [0.4, 0.5) is 0 Å². The molecule has 88 valence electrons. The highest BCUT2D eigenvalue weighted by atomic mass is 16.3. The fourth-order valence-corrected chi connectivity index (χ4v) is 2.31. The van der Waals surface area contributed by atoms with E-state index in [0.717, 1.165) is 11.6 Å². The number of rotatable bonds is 4. The number of aromatic nitrogens is 1. The summed E-state index contributed by atoms with van der Waals surface area (Å²) < 4.78 is 5.40. The molecule has 0 radical (unpaired) electrons. The molecule has 0 aliphatic heterocycles. The number of Topliss-reactive ketones (excluding diaryl/α,β-unsaturated/α-hetero) is 1. The summed E-state index contributed by atoms with van der Waals surface area (Å²) in [5.74, 6) is 1.50. The number of hydrogen-bond acceptors (Lipinski definition) is 3. The van der Waals surface area contributed by atoms with E-state index in [-0.39, 0.29) is 5.78 Å². The molecule has 1 saturated carbocycles. The Hall–Kier alpha value is -1.12. The number of nitrogens with zero attached hydrogens (tertiary/aromatic N) is 1. The Balaban J connectivity index is 1.93. The lowest BCUT2D eigenvalue weighted by atomic mass is 9.87. The number of carbonyl (C=O) groups is 1. The number of carbonyl (C=O) groups excluding carboxylic acids is 1. The standard InChI is InChI=1S/C13H19NO2/c1-10(15)7-8-13-14-12(9-16-13)11-5-3-2-4-6-11/h9,11H,2-8H2,1H3. The van der Waals surface area contributed by atoms with Crippen LogP contribution < -0.4 is 0 Å². The molecule has 0 N–H and O–H groups in total. The first-order valence-corrected chi connectivity index (χ1v) is 6.19. The molecule has 0 amide bonds. The molecular formula is C13H19NO2. The van der Waals surface area contributed by atoms with Crippen LogP contribution in [-0.2, 0) is 11.2 Å². The van der Waals surface area contributed by atoms with Crippen LogP contribution in [0.1, 0.15) is 63.0 Å². The van der Waals surface area contributed by atoms with E-state index in [1.807, 2.05) is 0 Å². The first kappa shape index (κ1) is 11.4. The maximum atomic E-state index is 10.9. The molecule has 0 spiro atoms. The average molecular weight is 221 g/mol. The number of oxazole rings is 1. The van der Waals surface area contributed by atoms with Crippen LogP contribution in [0.25, 0.3) is 0 Å². The van der Waals surface area contributed by atoms with Gasteiger partial charge in [0, 0.05) is 18.8 Å². The van der Waals surface area contributed by atoms with Gasteiger partial charge in [0.1, 0.15) is 12.0 Å². The van der Waals surface area contributed by atoms with Crippen molar-refractivity contribution in [3.63, 3.8) is 0 Å². The molecule has 1 aromatic heterocycles. The van der Waals surface area contributed by atoms with Crippen molar-refractivity contribution >= 4 is 5.78 Å². The number of hydrogen-bond donors (Lipinski definition) is 0. The van der Waals surface area contributed by atoms with Crippen LogP contribution in [0, 0.1) is 0 Å². The third-order valence-electron chi connectivity index (χ3n) is 3.28. The molecule has 1 aromatic rings. The van der Waals surface area contributed by atoms with Gasteiger partial charge in [-0.2, -0.15) is 0 Å². The highest BCUT2D eigenvalue weighted by Crippen LogP contribution is 2.31. The summed E-state index contributed by atoms with van der Waals surface area (Å²) in [6.45, 7) is 1.60. The molecule has 2 rings (SSSR count). The molecule has 1 aliphatic carbocycles. The molecule has 3 heteroatoms. The molecule has 1 fully saturated rings. The van der Waals surface area contributed by atoms with Crippen molar-refractivity contribution in [1.29, 1.82) is 0 Å². The van der Waals surface area contributed by atoms with Gasteiger partial charge in [0.15, 0.2) is 5.89 Å². The van der Waals surface area contributed by atoms with Gasteiger partial charge in [-0.05, 0) is 19.8 Å². The summed E-state index contributed by atoms with van der Waals surface area (Å²) in [5.41, 5.74) is 1.10. The Morgan fingerprint density at radius 1 is 1.44 bits per heavy atom. The first-order valence-electron chi connectivity index (χ1n) is 6.19. The van der Waals surface area contributed by atoms with Crippen LogP contribution >= 0.6 is 0 Å². The van der Waals surface area contributed by atoms with Gasteiger partial charge < -0.3 is 9.21 Å². The van der Waals surface area contributed by atoms with Crippen molar-refractivity contribution in [2.24, 2.45) is 0 Å². The third kappa shape index (κ3) is 2.94. The molecule has 0 aromatic carbocycles. The van der Waals surface area contributed by atoms with Gasteiger partial charge in [0.25, 0.3) is 0 Å². The van der Waals surface area contributed by atoms with Crippen molar-refractivity contribution in [1.82, 2.24) is 4.98 Å². The summed E-state index contributed by atoms with van der Waals surface area (Å²) in [5, 5.41) is 0. The first-order chi connectivity index (χ1) is 7.75. The highest BCUT2D eigenvalue weighted by molar-refractivity contribution is 5.75. The quantitative estimate of drug-likeness (QED) is 0.783. The zero-order chi connectivity index (χ0) is 11.4. The SMILES string of the molecule is CC(=O)CCc1nc(C2CCCCC2)co1. The fraction of sp³-hybridized carbons (Fsp3) is 0.692. The van der Waals surface area contributed by atoms with Gasteiger partial charge in [-0.1, -0.05) is 19.3 Å². The molecule has 0 unspecified atom stereocenters. The summed E-state index contributed by atoms with van der Waals surface area (Å²) in [4.78, 5) is 15.3. The molecule has 16 heavy (non-hydrogen) atoms. The van der Waals surface area contributed by atoms with E-state index in [9.17, 15) is 4.79 Å². The number of aryl methyl sites for hydroxylation is 1. The van der Waals surface area contributed by atoms with Crippen LogP contribution in [0.3, 0.4) is 0 Å². The van der Waals surface area contributed by atoms with Gasteiger partial charge >= 0.3 is 0 Å². The van der Waals surface area contributed by atoms with Gasteiger partial charge in [0.2, 0.25) is 0 Å². The Labute approximate surface area is 96.3 Å². The molecule has 0 atom stereocenters. The Kier molecular flexibility index (Phi) is 3.75.